The van der Waals surface area contributed by atoms with Crippen molar-refractivity contribution in [1.82, 2.24) is 25.0 Å². The number of ether oxygens (including phenoxy) is 1. The fraction of sp³-hybridized carbons (Fsp3) is 0.333. The predicted octanol–water partition coefficient (Wildman–Crippen LogP) is 2.36. The van der Waals surface area contributed by atoms with E-state index in [1.165, 1.54) is 22.5 Å². The molecular formula is C27H27ClFN7O4. The van der Waals surface area contributed by atoms with Gasteiger partial charge in [0, 0.05) is 17.8 Å². The number of aromatic nitrogens is 3. The van der Waals surface area contributed by atoms with Gasteiger partial charge in [-0.3, -0.25) is 24.0 Å². The van der Waals surface area contributed by atoms with Crippen molar-refractivity contribution < 1.29 is 18.7 Å². The van der Waals surface area contributed by atoms with Gasteiger partial charge in [-0.15, -0.1) is 0 Å². The number of aromatic amines is 1. The van der Waals surface area contributed by atoms with Gasteiger partial charge in [0.1, 0.15) is 30.2 Å². The molecule has 2 amide bonds. The number of anilines is 2. The maximum atomic E-state index is 14.1. The Morgan fingerprint density at radius 3 is 2.73 bits per heavy atom. The molecule has 3 N–H and O–H groups in total. The number of carbonyl (C=O) groups excluding carboxylic acids is 2. The molecule has 2 aromatic heterocycles. The van der Waals surface area contributed by atoms with Crippen molar-refractivity contribution in [3.63, 3.8) is 0 Å². The van der Waals surface area contributed by atoms with Crippen LogP contribution in [0.2, 0.25) is 5.02 Å². The smallest absolute Gasteiger partial charge is 0.265 e. The van der Waals surface area contributed by atoms with Gasteiger partial charge in [0.15, 0.2) is 5.76 Å². The van der Waals surface area contributed by atoms with E-state index < -0.39 is 23.0 Å². The highest BCUT2D eigenvalue weighted by Gasteiger charge is 2.42. The minimum Gasteiger partial charge on any atom is -0.489 e. The van der Waals surface area contributed by atoms with Crippen LogP contribution >= 0.6 is 11.6 Å². The molecule has 5 heterocycles. The first-order chi connectivity index (χ1) is 19.2. The van der Waals surface area contributed by atoms with Crippen molar-refractivity contribution in [2.75, 3.05) is 43.0 Å². The van der Waals surface area contributed by atoms with Crippen LogP contribution < -0.4 is 21.1 Å². The van der Waals surface area contributed by atoms with Gasteiger partial charge < -0.3 is 25.2 Å². The number of nitrogens with one attached hydrogen (secondary N) is 3. The fourth-order valence-electron chi connectivity index (χ4n) is 5.22. The Labute approximate surface area is 233 Å². The summed E-state index contributed by atoms with van der Waals surface area (Å²) in [6.45, 7) is 2.42. The molecular weight excluding hydrogens is 541 g/mol. The number of likely N-dealkylation sites (tertiary alicyclic amines) is 1. The van der Waals surface area contributed by atoms with Crippen LogP contribution in [0.25, 0.3) is 5.76 Å². The van der Waals surface area contributed by atoms with Crippen LogP contribution in [-0.4, -0.2) is 69.9 Å². The Kier molecular flexibility index (Phi) is 6.49. The highest BCUT2D eigenvalue weighted by atomic mass is 35.5. The van der Waals surface area contributed by atoms with E-state index in [-0.39, 0.29) is 31.7 Å². The molecule has 6 rings (SSSR count). The molecule has 3 aliphatic rings. The summed E-state index contributed by atoms with van der Waals surface area (Å²) in [6.07, 6.45) is 3.47. The standard InChI is InChI=1S/C27H27ClFN7O4/c1-27(29)14-34(15-27)22(37)13-36-24-19(23-21(12-30-24)35(6-7-40-23)18-10-32-33-11-18)8-20(26(36)39)25(38)31-9-16-2-4-17(28)5-3-16/h2-5,8,10-11,30H,6-7,9,12-15H2,1H3,(H,31,38)(H,32,33). The summed E-state index contributed by atoms with van der Waals surface area (Å²) >= 11 is 5.95. The van der Waals surface area contributed by atoms with E-state index in [0.717, 1.165) is 16.9 Å². The van der Waals surface area contributed by atoms with Gasteiger partial charge in [-0.05, 0) is 30.7 Å². The van der Waals surface area contributed by atoms with Gasteiger partial charge in [0.05, 0.1) is 49.3 Å². The number of halogens is 2. The molecule has 0 aliphatic carbocycles. The quantitative estimate of drug-likeness (QED) is 0.418. The molecule has 208 valence electrons. The Balaban J connectivity index is 1.38. The van der Waals surface area contributed by atoms with Crippen LogP contribution in [0.3, 0.4) is 0 Å². The van der Waals surface area contributed by atoms with E-state index in [0.29, 0.717) is 41.9 Å². The second-order valence-corrected chi connectivity index (χ2v) is 10.7. The van der Waals surface area contributed by atoms with Gasteiger partial charge in [-0.1, -0.05) is 23.7 Å². The number of rotatable bonds is 6. The number of pyridine rings is 1. The molecule has 40 heavy (non-hydrogen) atoms. The number of H-pyrrole nitrogens is 1. The van der Waals surface area contributed by atoms with Crippen LogP contribution in [-0.2, 0) is 22.6 Å². The molecule has 0 unspecified atom stereocenters. The molecule has 0 bridgehead atoms. The Bertz CT molecular complexity index is 1560. The SMILES string of the molecule is CC1(F)CN(C(=O)Cn2c3c(cc(C(=O)NCc4ccc(Cl)cc4)c2=O)C2=C(CN3)N(c3cn[nH]c3)CCO2)C1. The molecule has 1 fully saturated rings. The first-order valence-electron chi connectivity index (χ1n) is 12.8. The maximum Gasteiger partial charge on any atom is 0.265 e. The molecule has 3 aliphatic heterocycles. The number of amides is 2. The molecule has 0 atom stereocenters. The third-order valence-electron chi connectivity index (χ3n) is 7.20. The zero-order valence-electron chi connectivity index (χ0n) is 21.7. The molecule has 3 aromatic rings. The fourth-order valence-corrected chi connectivity index (χ4v) is 5.34. The lowest BCUT2D eigenvalue weighted by Crippen LogP contribution is -2.60. The Morgan fingerprint density at radius 1 is 1.25 bits per heavy atom. The molecule has 11 nitrogen and oxygen atoms in total. The Hall–Kier alpha value is -4.32. The van der Waals surface area contributed by atoms with Crippen molar-refractivity contribution in [3.8, 4) is 0 Å². The number of hydrogen-bond acceptors (Lipinski definition) is 7. The lowest BCUT2D eigenvalue weighted by atomic mass is 9.99. The molecule has 0 saturated carbocycles. The molecule has 0 radical (unpaired) electrons. The van der Waals surface area contributed by atoms with Gasteiger partial charge in [-0.25, -0.2) is 4.39 Å². The summed E-state index contributed by atoms with van der Waals surface area (Å²) in [5.41, 5.74) is 0.710. The van der Waals surface area contributed by atoms with Crippen LogP contribution in [0, 0.1) is 0 Å². The van der Waals surface area contributed by atoms with Gasteiger partial charge >= 0.3 is 0 Å². The highest BCUT2D eigenvalue weighted by Crippen LogP contribution is 2.37. The topological polar surface area (TPSA) is 125 Å². The first-order valence-corrected chi connectivity index (χ1v) is 13.2. The number of carbonyl (C=O) groups is 2. The first kappa shape index (κ1) is 25.9. The second-order valence-electron chi connectivity index (χ2n) is 10.3. The summed E-state index contributed by atoms with van der Waals surface area (Å²) in [5, 5.41) is 13.5. The molecule has 0 spiro atoms. The minimum atomic E-state index is -1.45. The van der Waals surface area contributed by atoms with Crippen LogP contribution in [0.1, 0.15) is 28.4 Å². The van der Waals surface area contributed by atoms with E-state index in [9.17, 15) is 18.8 Å². The van der Waals surface area contributed by atoms with E-state index in [2.05, 4.69) is 20.8 Å². The number of fused-ring (bicyclic) bond motifs is 2. The highest BCUT2D eigenvalue weighted by molar-refractivity contribution is 6.30. The molecule has 1 aromatic carbocycles. The third-order valence-corrected chi connectivity index (χ3v) is 7.45. The van der Waals surface area contributed by atoms with Gasteiger partial charge in [0.2, 0.25) is 5.91 Å². The largest absolute Gasteiger partial charge is 0.489 e. The van der Waals surface area contributed by atoms with Crippen LogP contribution in [0.15, 0.2) is 53.2 Å². The van der Waals surface area contributed by atoms with E-state index in [1.807, 2.05) is 4.90 Å². The number of hydrogen-bond donors (Lipinski definition) is 3. The van der Waals surface area contributed by atoms with Crippen LogP contribution in [0.4, 0.5) is 15.9 Å². The summed E-state index contributed by atoms with van der Waals surface area (Å²) < 4.78 is 21.4. The van der Waals surface area contributed by atoms with Gasteiger partial charge in [-0.2, -0.15) is 5.10 Å². The lowest BCUT2D eigenvalue weighted by molar-refractivity contribution is -0.144. The van der Waals surface area contributed by atoms with E-state index in [4.69, 9.17) is 16.3 Å². The van der Waals surface area contributed by atoms with E-state index in [1.54, 1.807) is 36.7 Å². The zero-order valence-corrected chi connectivity index (χ0v) is 22.4. The number of nitrogens with zero attached hydrogens (tertiary/aromatic N) is 4. The predicted molar refractivity (Wildman–Crippen MR) is 147 cm³/mol. The van der Waals surface area contributed by atoms with Gasteiger partial charge in [0.25, 0.3) is 11.5 Å². The van der Waals surface area contributed by atoms with Crippen molar-refractivity contribution >= 4 is 40.7 Å². The normalized spacial score (nSPS) is 17.3. The summed E-state index contributed by atoms with van der Waals surface area (Å²) in [6, 6.07) is 8.48. The maximum absolute atomic E-state index is 14.1. The Morgan fingerprint density at radius 2 is 2.02 bits per heavy atom. The number of alkyl halides is 1. The van der Waals surface area contributed by atoms with Crippen molar-refractivity contribution in [2.24, 2.45) is 0 Å². The van der Waals surface area contributed by atoms with Crippen molar-refractivity contribution in [1.29, 1.82) is 0 Å². The number of benzene rings is 1. The second kappa shape index (κ2) is 10.0. The molecule has 13 heteroatoms. The zero-order chi connectivity index (χ0) is 28.0. The monoisotopic (exact) mass is 567 g/mol. The van der Waals surface area contributed by atoms with Crippen LogP contribution in [0.5, 0.6) is 0 Å². The average Bonchev–Trinajstić information content (AvgIpc) is 3.47. The minimum absolute atomic E-state index is 0.0461. The lowest BCUT2D eigenvalue weighted by Gasteiger charge is -2.42. The average molecular weight is 568 g/mol. The van der Waals surface area contributed by atoms with E-state index >= 15 is 0 Å². The van der Waals surface area contributed by atoms with Crippen molar-refractivity contribution in [2.45, 2.75) is 25.7 Å². The summed E-state index contributed by atoms with van der Waals surface area (Å²) in [7, 11) is 0. The molecule has 1 saturated heterocycles. The third kappa shape index (κ3) is 4.79. The summed E-state index contributed by atoms with van der Waals surface area (Å²) in [5.74, 6) is -0.137. The summed E-state index contributed by atoms with van der Waals surface area (Å²) in [4.78, 5) is 43.4. The van der Waals surface area contributed by atoms with Crippen molar-refractivity contribution in [3.05, 3.63) is 80.5 Å².